The second-order valence-corrected chi connectivity index (χ2v) is 4.57. The largest absolute Gasteiger partial charge is 0.324 e. The standard InChI is InChI=1S/C15H10ClFN2O/c16-13-7-11(9-18)3-6-14(13)19-15(20)8-10-1-4-12(17)5-2-10/h1-7H,8H2,(H,19,20). The number of nitriles is 1. The van der Waals surface area contributed by atoms with Gasteiger partial charge in [0, 0.05) is 0 Å². The number of anilines is 1. The summed E-state index contributed by atoms with van der Waals surface area (Å²) in [6.07, 6.45) is 0.122. The van der Waals surface area contributed by atoms with Crippen LogP contribution in [0.25, 0.3) is 0 Å². The van der Waals surface area contributed by atoms with Crippen LogP contribution in [0.3, 0.4) is 0 Å². The van der Waals surface area contributed by atoms with Gasteiger partial charge in [0.1, 0.15) is 5.82 Å². The van der Waals surface area contributed by atoms with E-state index in [4.69, 9.17) is 16.9 Å². The normalized spacial score (nSPS) is 9.85. The van der Waals surface area contributed by atoms with Gasteiger partial charge in [-0.2, -0.15) is 5.26 Å². The number of nitrogens with one attached hydrogen (secondary N) is 1. The Labute approximate surface area is 120 Å². The molecule has 1 N–H and O–H groups in total. The molecule has 0 fully saturated rings. The highest BCUT2D eigenvalue weighted by Crippen LogP contribution is 2.22. The molecule has 0 bridgehead atoms. The summed E-state index contributed by atoms with van der Waals surface area (Å²) >= 11 is 5.96. The number of benzene rings is 2. The zero-order valence-electron chi connectivity index (χ0n) is 10.4. The Hall–Kier alpha value is -2.38. The predicted molar refractivity (Wildman–Crippen MR) is 74.9 cm³/mol. The van der Waals surface area contributed by atoms with Crippen LogP contribution in [-0.2, 0) is 11.2 Å². The summed E-state index contributed by atoms with van der Waals surface area (Å²) in [5.41, 5.74) is 1.57. The average molecular weight is 289 g/mol. The first-order valence-electron chi connectivity index (χ1n) is 5.82. The number of carbonyl (C=O) groups excluding carboxylic acids is 1. The molecule has 0 spiro atoms. The van der Waals surface area contributed by atoms with E-state index in [-0.39, 0.29) is 18.1 Å². The molecule has 2 rings (SSSR count). The molecule has 0 aliphatic rings. The summed E-state index contributed by atoms with van der Waals surface area (Å²) in [4.78, 5) is 11.8. The van der Waals surface area contributed by atoms with Gasteiger partial charge in [0.25, 0.3) is 0 Å². The summed E-state index contributed by atoms with van der Waals surface area (Å²) < 4.78 is 12.8. The van der Waals surface area contributed by atoms with Gasteiger partial charge >= 0.3 is 0 Å². The van der Waals surface area contributed by atoms with Gasteiger partial charge in [-0.15, -0.1) is 0 Å². The number of hydrogen-bond donors (Lipinski definition) is 1. The molecule has 5 heteroatoms. The van der Waals surface area contributed by atoms with Gasteiger partial charge in [0.05, 0.1) is 28.8 Å². The van der Waals surface area contributed by atoms with Crippen molar-refractivity contribution in [1.29, 1.82) is 5.26 Å². The van der Waals surface area contributed by atoms with Crippen molar-refractivity contribution in [2.45, 2.75) is 6.42 Å². The molecule has 1 amide bonds. The first-order valence-corrected chi connectivity index (χ1v) is 6.20. The third kappa shape index (κ3) is 3.56. The van der Waals surface area contributed by atoms with E-state index < -0.39 is 0 Å². The molecule has 100 valence electrons. The minimum absolute atomic E-state index is 0.122. The molecule has 2 aromatic rings. The Morgan fingerprint density at radius 2 is 1.95 bits per heavy atom. The van der Waals surface area contributed by atoms with Crippen LogP contribution in [0, 0.1) is 17.1 Å². The summed E-state index contributed by atoms with van der Waals surface area (Å²) in [5.74, 6) is -0.604. The minimum atomic E-state index is -0.343. The Morgan fingerprint density at radius 3 is 2.55 bits per heavy atom. The van der Waals surface area contributed by atoms with Gasteiger partial charge in [-0.1, -0.05) is 23.7 Å². The topological polar surface area (TPSA) is 52.9 Å². The predicted octanol–water partition coefficient (Wildman–Crippen LogP) is 3.53. The molecule has 0 saturated carbocycles. The van der Waals surface area contributed by atoms with E-state index >= 15 is 0 Å². The molecular formula is C15H10ClFN2O. The van der Waals surface area contributed by atoms with E-state index in [0.29, 0.717) is 21.8 Å². The van der Waals surface area contributed by atoms with Crippen molar-refractivity contribution in [3.8, 4) is 6.07 Å². The molecule has 3 nitrogen and oxygen atoms in total. The zero-order valence-corrected chi connectivity index (χ0v) is 11.1. The van der Waals surface area contributed by atoms with Crippen molar-refractivity contribution in [3.63, 3.8) is 0 Å². The molecule has 0 atom stereocenters. The maximum absolute atomic E-state index is 12.8. The molecule has 20 heavy (non-hydrogen) atoms. The number of carbonyl (C=O) groups is 1. The Balaban J connectivity index is 2.05. The lowest BCUT2D eigenvalue weighted by Crippen LogP contribution is -2.14. The number of nitrogens with zero attached hydrogens (tertiary/aromatic N) is 1. The van der Waals surface area contributed by atoms with Gasteiger partial charge in [-0.3, -0.25) is 4.79 Å². The third-order valence-electron chi connectivity index (χ3n) is 2.65. The van der Waals surface area contributed by atoms with Crippen LogP contribution in [0.2, 0.25) is 5.02 Å². The van der Waals surface area contributed by atoms with Crippen LogP contribution >= 0.6 is 11.6 Å². The van der Waals surface area contributed by atoms with Crippen molar-refractivity contribution >= 4 is 23.2 Å². The monoisotopic (exact) mass is 288 g/mol. The fourth-order valence-corrected chi connectivity index (χ4v) is 1.90. The maximum atomic E-state index is 12.8. The van der Waals surface area contributed by atoms with Crippen molar-refractivity contribution in [2.75, 3.05) is 5.32 Å². The first-order chi connectivity index (χ1) is 9.58. The maximum Gasteiger partial charge on any atom is 0.228 e. The number of rotatable bonds is 3. The van der Waals surface area contributed by atoms with Crippen molar-refractivity contribution in [1.82, 2.24) is 0 Å². The quantitative estimate of drug-likeness (QED) is 0.939. The molecular weight excluding hydrogens is 279 g/mol. The van der Waals surface area contributed by atoms with Gasteiger partial charge < -0.3 is 5.32 Å². The van der Waals surface area contributed by atoms with Gasteiger partial charge in [-0.05, 0) is 35.9 Å². The lowest BCUT2D eigenvalue weighted by Gasteiger charge is -2.07. The average Bonchev–Trinajstić information content (AvgIpc) is 2.43. The first kappa shape index (κ1) is 14.0. The summed E-state index contributed by atoms with van der Waals surface area (Å²) in [6, 6.07) is 12.3. The van der Waals surface area contributed by atoms with E-state index in [2.05, 4.69) is 5.32 Å². The number of hydrogen-bond acceptors (Lipinski definition) is 2. The van der Waals surface area contributed by atoms with Crippen LogP contribution in [0.1, 0.15) is 11.1 Å². The Bertz CT molecular complexity index is 677. The van der Waals surface area contributed by atoms with E-state index in [1.807, 2.05) is 6.07 Å². The molecule has 0 radical (unpaired) electrons. The van der Waals surface area contributed by atoms with Crippen molar-refractivity contribution in [3.05, 3.63) is 64.4 Å². The van der Waals surface area contributed by atoms with Crippen LogP contribution in [-0.4, -0.2) is 5.91 Å². The molecule has 0 heterocycles. The van der Waals surface area contributed by atoms with E-state index in [1.165, 1.54) is 18.2 Å². The van der Waals surface area contributed by atoms with Gasteiger partial charge in [0.2, 0.25) is 5.91 Å². The molecule has 0 aromatic heterocycles. The zero-order chi connectivity index (χ0) is 14.5. The Morgan fingerprint density at radius 1 is 1.25 bits per heavy atom. The highest BCUT2D eigenvalue weighted by atomic mass is 35.5. The highest BCUT2D eigenvalue weighted by Gasteiger charge is 2.07. The second kappa shape index (κ2) is 6.18. The molecule has 0 aliphatic heterocycles. The molecule has 2 aromatic carbocycles. The summed E-state index contributed by atoms with van der Waals surface area (Å²) in [7, 11) is 0. The number of amides is 1. The van der Waals surface area contributed by atoms with Gasteiger partial charge in [0.15, 0.2) is 0 Å². The van der Waals surface area contributed by atoms with Crippen LogP contribution in [0.15, 0.2) is 42.5 Å². The Kier molecular flexibility index (Phi) is 4.34. The van der Waals surface area contributed by atoms with E-state index in [9.17, 15) is 9.18 Å². The minimum Gasteiger partial charge on any atom is -0.324 e. The van der Waals surface area contributed by atoms with E-state index in [1.54, 1.807) is 24.3 Å². The van der Waals surface area contributed by atoms with E-state index in [0.717, 1.165) is 0 Å². The SMILES string of the molecule is N#Cc1ccc(NC(=O)Cc2ccc(F)cc2)c(Cl)c1. The fourth-order valence-electron chi connectivity index (χ4n) is 1.67. The summed E-state index contributed by atoms with van der Waals surface area (Å²) in [5, 5.41) is 11.7. The molecule has 0 aliphatic carbocycles. The van der Waals surface area contributed by atoms with Crippen molar-refractivity contribution < 1.29 is 9.18 Å². The summed E-state index contributed by atoms with van der Waals surface area (Å²) in [6.45, 7) is 0. The highest BCUT2D eigenvalue weighted by molar-refractivity contribution is 6.33. The fraction of sp³-hybridized carbons (Fsp3) is 0.0667. The van der Waals surface area contributed by atoms with Crippen LogP contribution < -0.4 is 5.32 Å². The van der Waals surface area contributed by atoms with Crippen LogP contribution in [0.4, 0.5) is 10.1 Å². The smallest absolute Gasteiger partial charge is 0.228 e. The van der Waals surface area contributed by atoms with Crippen LogP contribution in [0.5, 0.6) is 0 Å². The molecule has 0 saturated heterocycles. The van der Waals surface area contributed by atoms with Gasteiger partial charge in [-0.25, -0.2) is 4.39 Å². The lowest BCUT2D eigenvalue weighted by atomic mass is 10.1. The number of halogens is 2. The third-order valence-corrected chi connectivity index (χ3v) is 2.96. The molecule has 0 unspecified atom stereocenters. The second-order valence-electron chi connectivity index (χ2n) is 4.16. The van der Waals surface area contributed by atoms with Crippen molar-refractivity contribution in [2.24, 2.45) is 0 Å². The lowest BCUT2D eigenvalue weighted by molar-refractivity contribution is -0.115.